The molecule has 3 unspecified atom stereocenters. The van der Waals surface area contributed by atoms with Crippen LogP contribution in [-0.4, -0.2) is 60.2 Å². The first kappa shape index (κ1) is 23.9. The molecular weight excluding hydrogens is 445 g/mol. The van der Waals surface area contributed by atoms with Gasteiger partial charge in [-0.05, 0) is 43.0 Å². The van der Waals surface area contributed by atoms with Crippen molar-refractivity contribution in [3.05, 3.63) is 64.4 Å². The Morgan fingerprint density at radius 3 is 2.68 bits per heavy atom. The van der Waals surface area contributed by atoms with Crippen molar-refractivity contribution in [2.75, 3.05) is 21.2 Å². The minimum absolute atomic E-state index is 0.0771. The number of methoxy groups -OCH3 is 1. The molecule has 6 nitrogen and oxygen atoms in total. The van der Waals surface area contributed by atoms with E-state index in [2.05, 4.69) is 15.2 Å². The van der Waals surface area contributed by atoms with Crippen molar-refractivity contribution in [2.24, 2.45) is 4.99 Å². The summed E-state index contributed by atoms with van der Waals surface area (Å²) in [5.74, 6) is -0.00837. The Balaban J connectivity index is 1.77. The number of aromatic nitrogens is 2. The molecule has 0 radical (unpaired) electrons. The molecule has 1 aliphatic heterocycles. The van der Waals surface area contributed by atoms with Gasteiger partial charge in [0.05, 0.1) is 16.9 Å². The van der Waals surface area contributed by atoms with Gasteiger partial charge >= 0.3 is 6.18 Å². The van der Waals surface area contributed by atoms with E-state index in [1.54, 1.807) is 33.3 Å². The number of carbonyl (C=O) groups is 1. The van der Waals surface area contributed by atoms with Gasteiger partial charge in [0.1, 0.15) is 0 Å². The second-order valence-corrected chi connectivity index (χ2v) is 9.11. The molecule has 0 saturated carbocycles. The van der Waals surface area contributed by atoms with Crippen LogP contribution in [0.2, 0.25) is 0 Å². The molecule has 1 aromatic carbocycles. The number of amides is 1. The standard InChI is InChI=1S/C25H27F3N4O2/c1-14-18(15-7-6-8-16(11-15)23(33)32(3)4)13-29-22-20(14)21(30-31-22)19-12-17(25(26,27)28)9-10-24(19,2)34-5/h6-9,11-14,18H,10H2,1-5H3,(H,30,31). The van der Waals surface area contributed by atoms with Gasteiger partial charge in [0, 0.05) is 50.0 Å². The lowest BCUT2D eigenvalue weighted by Gasteiger charge is -2.35. The van der Waals surface area contributed by atoms with Crippen LogP contribution in [0.25, 0.3) is 5.57 Å². The van der Waals surface area contributed by atoms with Crippen LogP contribution < -0.4 is 0 Å². The Bertz CT molecular complexity index is 1210. The van der Waals surface area contributed by atoms with Crippen LogP contribution in [0.1, 0.15) is 59.3 Å². The van der Waals surface area contributed by atoms with E-state index in [9.17, 15) is 18.0 Å². The summed E-state index contributed by atoms with van der Waals surface area (Å²) in [6.07, 6.45) is -0.312. The Kier molecular flexibility index (Phi) is 6.01. The number of ether oxygens (including phenoxy) is 1. The van der Waals surface area contributed by atoms with Gasteiger partial charge in [0.25, 0.3) is 5.91 Å². The van der Waals surface area contributed by atoms with E-state index in [1.807, 2.05) is 25.1 Å². The van der Waals surface area contributed by atoms with Gasteiger partial charge in [-0.2, -0.15) is 18.3 Å². The van der Waals surface area contributed by atoms with Crippen LogP contribution in [-0.2, 0) is 4.74 Å². The molecule has 34 heavy (non-hydrogen) atoms. The number of carbonyl (C=O) groups excluding carboxylic acids is 1. The quantitative estimate of drug-likeness (QED) is 0.648. The summed E-state index contributed by atoms with van der Waals surface area (Å²) >= 11 is 0. The summed E-state index contributed by atoms with van der Waals surface area (Å²) in [6.45, 7) is 3.75. The molecule has 0 saturated heterocycles. The second kappa shape index (κ2) is 8.54. The SMILES string of the molecule is COC1(C)CC=C(C(F)(F)F)C=C1c1[nH]nc2c1C(C)C(c1cccc(C(=O)N(C)C)c1)C=N2. The summed E-state index contributed by atoms with van der Waals surface area (Å²) < 4.78 is 46.3. The number of allylic oxidation sites excluding steroid dienone is 2. The molecule has 0 spiro atoms. The van der Waals surface area contributed by atoms with Crippen molar-refractivity contribution in [3.8, 4) is 0 Å². The van der Waals surface area contributed by atoms with Gasteiger partial charge in [-0.25, -0.2) is 4.99 Å². The summed E-state index contributed by atoms with van der Waals surface area (Å²) in [5, 5.41) is 7.21. The van der Waals surface area contributed by atoms with Gasteiger partial charge in [-0.1, -0.05) is 25.1 Å². The van der Waals surface area contributed by atoms with Crippen molar-refractivity contribution >= 4 is 23.5 Å². The molecule has 9 heteroatoms. The van der Waals surface area contributed by atoms with Crippen molar-refractivity contribution in [1.82, 2.24) is 15.1 Å². The van der Waals surface area contributed by atoms with E-state index in [0.29, 0.717) is 22.6 Å². The highest BCUT2D eigenvalue weighted by Crippen LogP contribution is 2.48. The number of halogens is 3. The van der Waals surface area contributed by atoms with Crippen molar-refractivity contribution in [1.29, 1.82) is 0 Å². The number of hydrogen-bond donors (Lipinski definition) is 1. The molecule has 1 amide bonds. The van der Waals surface area contributed by atoms with Crippen LogP contribution >= 0.6 is 0 Å². The van der Waals surface area contributed by atoms with Crippen LogP contribution in [0.3, 0.4) is 0 Å². The van der Waals surface area contributed by atoms with E-state index < -0.39 is 17.4 Å². The first-order valence-corrected chi connectivity index (χ1v) is 11.0. The molecule has 180 valence electrons. The number of nitrogens with zero attached hydrogens (tertiary/aromatic N) is 3. The number of fused-ring (bicyclic) bond motifs is 1. The monoisotopic (exact) mass is 472 g/mol. The molecule has 1 aromatic heterocycles. The third kappa shape index (κ3) is 4.09. The second-order valence-electron chi connectivity index (χ2n) is 9.11. The fourth-order valence-electron chi connectivity index (χ4n) is 4.56. The zero-order valence-corrected chi connectivity index (χ0v) is 19.7. The lowest BCUT2D eigenvalue weighted by atomic mass is 9.76. The Morgan fingerprint density at radius 2 is 2.03 bits per heavy atom. The summed E-state index contributed by atoms with van der Waals surface area (Å²) in [4.78, 5) is 18.5. The topological polar surface area (TPSA) is 70.6 Å². The first-order chi connectivity index (χ1) is 16.0. The number of rotatable bonds is 4. The molecular formula is C25H27F3N4O2. The average molecular weight is 473 g/mol. The number of aromatic amines is 1. The van der Waals surface area contributed by atoms with Gasteiger partial charge in [-0.3, -0.25) is 9.89 Å². The molecule has 2 aromatic rings. The molecule has 4 rings (SSSR count). The summed E-state index contributed by atoms with van der Waals surface area (Å²) in [5.41, 5.74) is 1.40. The largest absolute Gasteiger partial charge is 0.416 e. The zero-order valence-electron chi connectivity index (χ0n) is 19.7. The molecule has 1 N–H and O–H groups in total. The fourth-order valence-corrected chi connectivity index (χ4v) is 4.56. The van der Waals surface area contributed by atoms with Gasteiger partial charge in [0.15, 0.2) is 5.82 Å². The van der Waals surface area contributed by atoms with Crippen LogP contribution in [0, 0.1) is 0 Å². The minimum Gasteiger partial charge on any atom is -0.373 e. The highest BCUT2D eigenvalue weighted by molar-refractivity contribution is 5.94. The predicted octanol–water partition coefficient (Wildman–Crippen LogP) is 5.40. The number of hydrogen-bond acceptors (Lipinski definition) is 4. The molecule has 1 aliphatic carbocycles. The third-order valence-corrected chi connectivity index (χ3v) is 6.69. The lowest BCUT2D eigenvalue weighted by Crippen LogP contribution is -2.33. The Morgan fingerprint density at radius 1 is 1.29 bits per heavy atom. The maximum Gasteiger partial charge on any atom is 0.416 e. The molecule has 0 bridgehead atoms. The normalized spacial score (nSPS) is 24.4. The van der Waals surface area contributed by atoms with Gasteiger partial charge in [0.2, 0.25) is 0 Å². The van der Waals surface area contributed by atoms with E-state index in [4.69, 9.17) is 4.74 Å². The number of H-pyrrole nitrogens is 1. The lowest BCUT2D eigenvalue weighted by molar-refractivity contribution is -0.0892. The van der Waals surface area contributed by atoms with Gasteiger partial charge in [-0.15, -0.1) is 0 Å². The highest BCUT2D eigenvalue weighted by atomic mass is 19.4. The smallest absolute Gasteiger partial charge is 0.373 e. The summed E-state index contributed by atoms with van der Waals surface area (Å²) in [6, 6.07) is 7.34. The van der Waals surface area contributed by atoms with Crippen LogP contribution in [0.5, 0.6) is 0 Å². The average Bonchev–Trinajstić information content (AvgIpc) is 3.23. The third-order valence-electron chi connectivity index (χ3n) is 6.69. The first-order valence-electron chi connectivity index (χ1n) is 11.0. The number of aliphatic imine (C=N–C) groups is 1. The molecule has 0 fully saturated rings. The zero-order chi connectivity index (χ0) is 24.8. The Labute approximate surface area is 196 Å². The summed E-state index contributed by atoms with van der Waals surface area (Å²) in [7, 11) is 4.87. The van der Waals surface area contributed by atoms with E-state index >= 15 is 0 Å². The van der Waals surface area contributed by atoms with E-state index in [-0.39, 0.29) is 24.2 Å². The van der Waals surface area contributed by atoms with Crippen LogP contribution in [0.4, 0.5) is 19.0 Å². The van der Waals surface area contributed by atoms with E-state index in [0.717, 1.165) is 23.3 Å². The predicted molar refractivity (Wildman–Crippen MR) is 125 cm³/mol. The molecule has 2 aliphatic rings. The number of benzene rings is 1. The minimum atomic E-state index is -4.47. The highest BCUT2D eigenvalue weighted by Gasteiger charge is 2.42. The maximum absolute atomic E-state index is 13.5. The van der Waals surface area contributed by atoms with Crippen molar-refractivity contribution in [2.45, 2.75) is 43.9 Å². The van der Waals surface area contributed by atoms with Crippen molar-refractivity contribution < 1.29 is 22.7 Å². The molecule has 2 heterocycles. The van der Waals surface area contributed by atoms with E-state index in [1.165, 1.54) is 12.0 Å². The van der Waals surface area contributed by atoms with Gasteiger partial charge < -0.3 is 9.64 Å². The van der Waals surface area contributed by atoms with Crippen LogP contribution in [0.15, 0.2) is 47.0 Å². The number of nitrogens with one attached hydrogen (secondary N) is 1. The molecule has 3 atom stereocenters. The maximum atomic E-state index is 13.5. The van der Waals surface area contributed by atoms with Crippen molar-refractivity contribution in [3.63, 3.8) is 0 Å². The fraction of sp³-hybridized carbons (Fsp3) is 0.400. The Hall–Kier alpha value is -3.20. The number of alkyl halides is 3.